The molecule has 0 amide bonds. The number of nitrogens with two attached hydrogens (primary N) is 1. The molecule has 5 nitrogen and oxygen atoms in total. The van der Waals surface area contributed by atoms with E-state index in [4.69, 9.17) is 5.73 Å². The van der Waals surface area contributed by atoms with Crippen LogP contribution in [0.1, 0.15) is 22.5 Å². The van der Waals surface area contributed by atoms with Crippen molar-refractivity contribution < 1.29 is 0 Å². The summed E-state index contributed by atoms with van der Waals surface area (Å²) in [5, 5.41) is 13.1. The first-order valence-corrected chi connectivity index (χ1v) is 8.51. The first kappa shape index (κ1) is 16.2. The molecular weight excluding hydrogens is 322 g/mol. The third-order valence-electron chi connectivity index (χ3n) is 4.51. The minimum Gasteiger partial charge on any atom is -0.324 e. The fraction of sp³-hybridized carbons (Fsp3) is 0.0952. The molecule has 0 aliphatic rings. The van der Waals surface area contributed by atoms with E-state index in [0.29, 0.717) is 5.82 Å². The maximum atomic E-state index is 5.74. The van der Waals surface area contributed by atoms with Crippen LogP contribution < -0.4 is 5.73 Å². The molecule has 2 N–H and O–H groups in total. The molecule has 4 rings (SSSR count). The molecule has 0 fully saturated rings. The molecule has 0 radical (unpaired) electrons. The highest BCUT2D eigenvalue weighted by Gasteiger charge is 2.40. The Balaban J connectivity index is 2.10. The quantitative estimate of drug-likeness (QED) is 0.567. The Kier molecular flexibility index (Phi) is 4.29. The van der Waals surface area contributed by atoms with Crippen molar-refractivity contribution in [3.63, 3.8) is 0 Å². The number of rotatable bonds is 5. The smallest absolute Gasteiger partial charge is 0.188 e. The van der Waals surface area contributed by atoms with Crippen molar-refractivity contribution in [2.24, 2.45) is 5.73 Å². The number of hydrogen-bond donors (Lipinski definition) is 1. The second-order valence-electron chi connectivity index (χ2n) is 6.01. The number of benzene rings is 3. The third kappa shape index (κ3) is 2.59. The molecule has 5 heteroatoms. The van der Waals surface area contributed by atoms with Crippen LogP contribution in [0.3, 0.4) is 0 Å². The van der Waals surface area contributed by atoms with Crippen molar-refractivity contribution in [1.29, 1.82) is 0 Å². The lowest BCUT2D eigenvalue weighted by Gasteiger charge is -2.34. The Bertz CT molecular complexity index is 868. The zero-order valence-corrected chi connectivity index (χ0v) is 14.2. The van der Waals surface area contributed by atoms with Crippen LogP contribution >= 0.6 is 0 Å². The largest absolute Gasteiger partial charge is 0.324 e. The monoisotopic (exact) mass is 341 g/mol. The Hall–Kier alpha value is -3.31. The van der Waals surface area contributed by atoms with E-state index in [1.165, 1.54) is 0 Å². The summed E-state index contributed by atoms with van der Waals surface area (Å²) in [6.45, 7) is 0.244. The predicted molar refractivity (Wildman–Crippen MR) is 100 cm³/mol. The van der Waals surface area contributed by atoms with E-state index in [2.05, 4.69) is 51.8 Å². The van der Waals surface area contributed by atoms with E-state index < -0.39 is 5.54 Å². The Labute approximate surface area is 152 Å². The van der Waals surface area contributed by atoms with Gasteiger partial charge in [-0.25, -0.2) is 0 Å². The summed E-state index contributed by atoms with van der Waals surface area (Å²) >= 11 is 0. The van der Waals surface area contributed by atoms with E-state index in [1.807, 2.05) is 54.6 Å². The number of aromatic nitrogens is 4. The second kappa shape index (κ2) is 6.90. The Morgan fingerprint density at radius 1 is 0.692 bits per heavy atom. The van der Waals surface area contributed by atoms with Gasteiger partial charge in [0.15, 0.2) is 11.4 Å². The number of nitrogens with zero attached hydrogens (tertiary/aromatic N) is 4. The average molecular weight is 341 g/mol. The van der Waals surface area contributed by atoms with Crippen molar-refractivity contribution in [3.05, 3.63) is 114 Å². The van der Waals surface area contributed by atoms with Crippen LogP contribution in [-0.4, -0.2) is 20.2 Å². The van der Waals surface area contributed by atoms with Gasteiger partial charge in [-0.05, 0) is 21.9 Å². The summed E-state index contributed by atoms with van der Waals surface area (Å²) < 4.78 is 0. The number of tetrazole rings is 1. The Morgan fingerprint density at radius 2 is 1.12 bits per heavy atom. The summed E-state index contributed by atoms with van der Waals surface area (Å²) in [5.41, 5.74) is 8.17. The first-order chi connectivity index (χ1) is 12.9. The van der Waals surface area contributed by atoms with Gasteiger partial charge >= 0.3 is 0 Å². The van der Waals surface area contributed by atoms with Crippen LogP contribution in [-0.2, 0) is 12.1 Å². The van der Waals surface area contributed by atoms with Crippen molar-refractivity contribution in [2.75, 3.05) is 0 Å². The molecule has 0 atom stereocenters. The predicted octanol–water partition coefficient (Wildman–Crippen LogP) is 2.97. The molecule has 4 aromatic rings. The van der Waals surface area contributed by atoms with Crippen molar-refractivity contribution in [1.82, 2.24) is 20.2 Å². The molecule has 0 bridgehead atoms. The lowest BCUT2D eigenvalue weighted by molar-refractivity contribution is 0.394. The summed E-state index contributed by atoms with van der Waals surface area (Å²) in [7, 11) is 0. The van der Waals surface area contributed by atoms with Crippen molar-refractivity contribution in [2.45, 2.75) is 12.1 Å². The zero-order chi connectivity index (χ0) is 17.8. The highest BCUT2D eigenvalue weighted by atomic mass is 15.6. The van der Waals surface area contributed by atoms with Crippen LogP contribution in [0.5, 0.6) is 0 Å². The molecule has 128 valence electrons. The van der Waals surface area contributed by atoms with Gasteiger partial charge in [0.1, 0.15) is 0 Å². The molecular formula is C21H19N5. The molecule has 0 unspecified atom stereocenters. The molecule has 0 spiro atoms. The van der Waals surface area contributed by atoms with Gasteiger partial charge in [-0.2, -0.15) is 0 Å². The van der Waals surface area contributed by atoms with Crippen LogP contribution in [0.2, 0.25) is 0 Å². The maximum absolute atomic E-state index is 5.74. The van der Waals surface area contributed by atoms with Crippen LogP contribution in [0.25, 0.3) is 0 Å². The lowest BCUT2D eigenvalue weighted by Crippen LogP contribution is -2.39. The molecule has 0 aliphatic carbocycles. The van der Waals surface area contributed by atoms with Gasteiger partial charge in [0.25, 0.3) is 0 Å². The van der Waals surface area contributed by atoms with Gasteiger partial charge in [-0.3, -0.25) is 0 Å². The minimum atomic E-state index is -0.732. The molecule has 1 aromatic heterocycles. The van der Waals surface area contributed by atoms with Crippen molar-refractivity contribution >= 4 is 0 Å². The van der Waals surface area contributed by atoms with Gasteiger partial charge in [0.2, 0.25) is 0 Å². The highest BCUT2D eigenvalue weighted by molar-refractivity contribution is 5.49. The molecule has 3 aromatic carbocycles. The fourth-order valence-electron chi connectivity index (χ4n) is 3.35. The van der Waals surface area contributed by atoms with Crippen molar-refractivity contribution in [3.8, 4) is 0 Å². The van der Waals surface area contributed by atoms with E-state index in [1.54, 1.807) is 4.80 Å². The lowest BCUT2D eigenvalue weighted by atomic mass is 9.77. The van der Waals surface area contributed by atoms with E-state index in [-0.39, 0.29) is 6.54 Å². The fourth-order valence-corrected chi connectivity index (χ4v) is 3.35. The normalized spacial score (nSPS) is 11.4. The van der Waals surface area contributed by atoms with E-state index >= 15 is 0 Å². The minimum absolute atomic E-state index is 0.244. The summed E-state index contributed by atoms with van der Waals surface area (Å²) in [6, 6.07) is 30.7. The van der Waals surface area contributed by atoms with Crippen LogP contribution in [0, 0.1) is 0 Å². The zero-order valence-electron chi connectivity index (χ0n) is 14.2. The standard InChI is InChI=1S/C21H19N5/c22-16-20-23-25-26(24-20)21(17-10-4-1-5-11-17,18-12-6-2-7-13-18)19-14-8-3-9-15-19/h1-15H,16,22H2. The summed E-state index contributed by atoms with van der Waals surface area (Å²) in [6.07, 6.45) is 0. The van der Waals surface area contributed by atoms with Gasteiger partial charge < -0.3 is 5.73 Å². The maximum Gasteiger partial charge on any atom is 0.188 e. The third-order valence-corrected chi connectivity index (χ3v) is 4.51. The first-order valence-electron chi connectivity index (χ1n) is 8.51. The number of hydrogen-bond acceptors (Lipinski definition) is 4. The molecule has 1 heterocycles. The molecule has 0 aliphatic heterocycles. The topological polar surface area (TPSA) is 69.6 Å². The highest BCUT2D eigenvalue weighted by Crippen LogP contribution is 2.39. The summed E-state index contributed by atoms with van der Waals surface area (Å²) in [5.74, 6) is 0.511. The van der Waals surface area contributed by atoms with E-state index in [9.17, 15) is 0 Å². The molecule has 26 heavy (non-hydrogen) atoms. The van der Waals surface area contributed by atoms with Crippen LogP contribution in [0.4, 0.5) is 0 Å². The van der Waals surface area contributed by atoms with Crippen LogP contribution in [0.15, 0.2) is 91.0 Å². The van der Waals surface area contributed by atoms with Gasteiger partial charge in [-0.1, -0.05) is 91.0 Å². The molecule has 0 saturated heterocycles. The summed E-state index contributed by atoms with van der Waals surface area (Å²) in [4.78, 5) is 1.68. The molecule has 0 saturated carbocycles. The SMILES string of the molecule is NCc1nnn(C(c2ccccc2)(c2ccccc2)c2ccccc2)n1. The van der Waals surface area contributed by atoms with Gasteiger partial charge in [-0.15, -0.1) is 15.0 Å². The van der Waals surface area contributed by atoms with Gasteiger partial charge in [0.05, 0.1) is 6.54 Å². The second-order valence-corrected chi connectivity index (χ2v) is 6.01. The van der Waals surface area contributed by atoms with Gasteiger partial charge in [0, 0.05) is 0 Å². The average Bonchev–Trinajstić information content (AvgIpc) is 3.21. The Morgan fingerprint density at radius 3 is 1.46 bits per heavy atom. The van der Waals surface area contributed by atoms with E-state index in [0.717, 1.165) is 16.7 Å².